The molecule has 1 saturated heterocycles. The van der Waals surface area contributed by atoms with E-state index < -0.39 is 5.60 Å². The number of hydrogen-bond acceptors (Lipinski definition) is 7. The number of fused-ring (bicyclic) bond motifs is 1. The largest absolute Gasteiger partial charge is 0.493 e. The van der Waals surface area contributed by atoms with Crippen molar-refractivity contribution in [3.8, 4) is 5.75 Å². The zero-order chi connectivity index (χ0) is 25.3. The Bertz CT molecular complexity index is 1120. The van der Waals surface area contributed by atoms with Gasteiger partial charge in [-0.05, 0) is 53.2 Å². The predicted molar refractivity (Wildman–Crippen MR) is 134 cm³/mol. The number of aromatic nitrogens is 2. The third-order valence-corrected chi connectivity index (χ3v) is 6.22. The van der Waals surface area contributed by atoms with Crippen LogP contribution >= 0.6 is 0 Å². The van der Waals surface area contributed by atoms with Crippen LogP contribution in [0.25, 0.3) is 0 Å². The number of urea groups is 1. The van der Waals surface area contributed by atoms with Crippen molar-refractivity contribution in [3.63, 3.8) is 0 Å². The predicted octanol–water partition coefficient (Wildman–Crippen LogP) is 3.83. The van der Waals surface area contributed by atoms with Gasteiger partial charge >= 0.3 is 12.1 Å². The van der Waals surface area contributed by atoms with E-state index in [1.807, 2.05) is 40.7 Å². The first kappa shape index (κ1) is 24.6. The first-order valence-electron chi connectivity index (χ1n) is 11.9. The molecule has 0 spiro atoms. The Morgan fingerprint density at radius 2 is 1.86 bits per heavy atom. The average Bonchev–Trinajstić information content (AvgIpc) is 3.22. The van der Waals surface area contributed by atoms with Crippen LogP contribution in [0.5, 0.6) is 5.75 Å². The second-order valence-electron chi connectivity index (χ2n) is 9.91. The van der Waals surface area contributed by atoms with E-state index in [9.17, 15) is 9.59 Å². The van der Waals surface area contributed by atoms with Crippen LogP contribution in [0.3, 0.4) is 0 Å². The van der Waals surface area contributed by atoms with Crippen LogP contribution in [0.4, 0.5) is 26.8 Å². The van der Waals surface area contributed by atoms with E-state index in [0.29, 0.717) is 55.5 Å². The highest BCUT2D eigenvalue weighted by Gasteiger charge is 2.34. The molecule has 0 saturated carbocycles. The Hall–Kier alpha value is -3.56. The number of rotatable bonds is 3. The summed E-state index contributed by atoms with van der Waals surface area (Å²) in [4.78, 5) is 40.2. The zero-order valence-corrected chi connectivity index (χ0v) is 21.3. The second kappa shape index (κ2) is 9.59. The van der Waals surface area contributed by atoms with Crippen LogP contribution in [0, 0.1) is 6.92 Å². The fourth-order valence-corrected chi connectivity index (χ4v) is 4.63. The van der Waals surface area contributed by atoms with Crippen molar-refractivity contribution in [2.45, 2.75) is 52.7 Å². The highest BCUT2D eigenvalue weighted by atomic mass is 16.6. The summed E-state index contributed by atoms with van der Waals surface area (Å²) in [5.41, 5.74) is 2.84. The molecule has 2 aromatic rings. The molecule has 1 fully saturated rings. The summed E-state index contributed by atoms with van der Waals surface area (Å²) in [5.74, 6) is 1.20. The van der Waals surface area contributed by atoms with Crippen molar-refractivity contribution >= 4 is 29.3 Å². The Labute approximate surface area is 206 Å². The number of carbonyl (C=O) groups excluding carboxylic acids is 2. The lowest BCUT2D eigenvalue weighted by Gasteiger charge is -2.41. The van der Waals surface area contributed by atoms with Gasteiger partial charge in [-0.15, -0.1) is 0 Å². The normalized spacial score (nSPS) is 17.8. The van der Waals surface area contributed by atoms with Crippen molar-refractivity contribution in [1.29, 1.82) is 0 Å². The number of nitrogens with one attached hydrogen (secondary N) is 1. The number of amides is 3. The smallest absolute Gasteiger partial charge is 0.410 e. The third kappa shape index (κ3) is 5.11. The molecule has 0 aliphatic carbocycles. The minimum Gasteiger partial charge on any atom is -0.493 e. The molecule has 4 heterocycles. The number of pyridine rings is 2. The van der Waals surface area contributed by atoms with Gasteiger partial charge in [0.1, 0.15) is 11.4 Å². The quantitative estimate of drug-likeness (QED) is 0.710. The van der Waals surface area contributed by atoms with Gasteiger partial charge in [-0.1, -0.05) is 0 Å². The molecule has 35 heavy (non-hydrogen) atoms. The van der Waals surface area contributed by atoms with E-state index in [4.69, 9.17) is 9.47 Å². The number of carbonyl (C=O) groups is 2. The van der Waals surface area contributed by atoms with Crippen LogP contribution in [0.1, 0.15) is 39.0 Å². The zero-order valence-electron chi connectivity index (χ0n) is 21.3. The van der Waals surface area contributed by atoms with Crippen molar-refractivity contribution in [2.75, 3.05) is 48.4 Å². The van der Waals surface area contributed by atoms with Crippen LogP contribution in [-0.4, -0.2) is 71.9 Å². The van der Waals surface area contributed by atoms with E-state index in [0.717, 1.165) is 11.3 Å². The topological polar surface area (TPSA) is 100 Å². The Morgan fingerprint density at radius 3 is 2.54 bits per heavy atom. The summed E-state index contributed by atoms with van der Waals surface area (Å²) < 4.78 is 11.0. The lowest BCUT2D eigenvalue weighted by molar-refractivity contribution is 0.0159. The number of aryl methyl sites for hydroxylation is 1. The van der Waals surface area contributed by atoms with Gasteiger partial charge in [0.25, 0.3) is 0 Å². The van der Waals surface area contributed by atoms with Gasteiger partial charge in [0.05, 0.1) is 18.5 Å². The third-order valence-electron chi connectivity index (χ3n) is 6.22. The first-order chi connectivity index (χ1) is 16.6. The van der Waals surface area contributed by atoms with Gasteiger partial charge < -0.3 is 24.6 Å². The molecule has 2 aliphatic rings. The van der Waals surface area contributed by atoms with Gasteiger partial charge in [0.2, 0.25) is 0 Å². The summed E-state index contributed by atoms with van der Waals surface area (Å²) in [7, 11) is 1.56. The SMILES string of the molecule is COc1c(NC(=O)N2CCc3c(N4CCN(C(=O)OC(C)(C)C)[C@@H](C)C4)ccnc32)ccnc1C. The molecule has 10 nitrogen and oxygen atoms in total. The highest BCUT2D eigenvalue weighted by molar-refractivity contribution is 6.03. The maximum atomic E-state index is 13.2. The summed E-state index contributed by atoms with van der Waals surface area (Å²) in [6, 6.07) is 3.44. The summed E-state index contributed by atoms with van der Waals surface area (Å²) >= 11 is 0. The fraction of sp³-hybridized carbons (Fsp3) is 0.520. The number of piperazine rings is 1. The molecular formula is C25H34N6O4. The molecule has 0 aromatic carbocycles. The van der Waals surface area contributed by atoms with Gasteiger partial charge in [-0.2, -0.15) is 0 Å². The first-order valence-corrected chi connectivity index (χ1v) is 11.9. The molecule has 2 aliphatic heterocycles. The average molecular weight is 483 g/mol. The Kier molecular flexibility index (Phi) is 6.73. The van der Waals surface area contributed by atoms with Crippen LogP contribution < -0.4 is 19.9 Å². The standard InChI is InChI=1S/C25H34N6O4/c1-16-15-29(13-14-30(16)24(33)35-25(3,4)5)20-8-11-27-22-18(20)9-12-31(22)23(32)28-19-7-10-26-17(2)21(19)34-6/h7-8,10-11,16H,9,12-15H2,1-6H3,(H,26,28,32)/t16-/m0/s1. The second-order valence-corrected chi connectivity index (χ2v) is 9.91. The molecule has 0 radical (unpaired) electrons. The monoisotopic (exact) mass is 482 g/mol. The highest BCUT2D eigenvalue weighted by Crippen LogP contribution is 2.36. The molecule has 10 heteroatoms. The molecule has 1 N–H and O–H groups in total. The fourth-order valence-electron chi connectivity index (χ4n) is 4.63. The van der Waals surface area contributed by atoms with Crippen molar-refractivity contribution in [1.82, 2.24) is 14.9 Å². The van der Waals surface area contributed by atoms with E-state index in [2.05, 4.69) is 20.2 Å². The van der Waals surface area contributed by atoms with Gasteiger partial charge in [0, 0.05) is 55.9 Å². The minimum atomic E-state index is -0.525. The van der Waals surface area contributed by atoms with E-state index >= 15 is 0 Å². The van der Waals surface area contributed by atoms with Crippen molar-refractivity contribution in [3.05, 3.63) is 35.8 Å². The number of anilines is 3. The molecule has 4 rings (SSSR count). The van der Waals surface area contributed by atoms with Crippen molar-refractivity contribution in [2.24, 2.45) is 0 Å². The number of ether oxygens (including phenoxy) is 2. The van der Waals surface area contributed by atoms with Gasteiger partial charge in [-0.25, -0.2) is 14.6 Å². The minimum absolute atomic E-state index is 0.00869. The van der Waals surface area contributed by atoms with E-state index in [1.54, 1.807) is 35.4 Å². The molecule has 188 valence electrons. The molecular weight excluding hydrogens is 448 g/mol. The number of hydrogen-bond donors (Lipinski definition) is 1. The van der Waals surface area contributed by atoms with Crippen LogP contribution in [0.15, 0.2) is 24.5 Å². The number of methoxy groups -OCH3 is 1. The van der Waals surface area contributed by atoms with Crippen LogP contribution in [0.2, 0.25) is 0 Å². The van der Waals surface area contributed by atoms with Gasteiger partial charge in [-0.3, -0.25) is 9.88 Å². The van der Waals surface area contributed by atoms with Crippen molar-refractivity contribution < 1.29 is 19.1 Å². The summed E-state index contributed by atoms with van der Waals surface area (Å²) in [6.07, 6.45) is 3.80. The molecule has 2 aromatic heterocycles. The maximum absolute atomic E-state index is 13.2. The maximum Gasteiger partial charge on any atom is 0.410 e. The molecule has 0 unspecified atom stereocenters. The number of nitrogens with zero attached hydrogens (tertiary/aromatic N) is 5. The van der Waals surface area contributed by atoms with E-state index in [1.165, 1.54) is 0 Å². The van der Waals surface area contributed by atoms with Gasteiger partial charge in [0.15, 0.2) is 5.75 Å². The summed E-state index contributed by atoms with van der Waals surface area (Å²) in [6.45, 7) is 11.9. The summed E-state index contributed by atoms with van der Waals surface area (Å²) in [5, 5.41) is 2.94. The molecule has 1 atom stereocenters. The lowest BCUT2D eigenvalue weighted by Crippen LogP contribution is -2.55. The van der Waals surface area contributed by atoms with Crippen LogP contribution in [-0.2, 0) is 11.2 Å². The molecule has 0 bridgehead atoms. The lowest BCUT2D eigenvalue weighted by atomic mass is 10.1. The Balaban J connectivity index is 1.49. The molecule has 3 amide bonds. The Morgan fingerprint density at radius 1 is 1.11 bits per heavy atom. The van der Waals surface area contributed by atoms with E-state index in [-0.39, 0.29) is 18.2 Å².